The zero-order valence-electron chi connectivity index (χ0n) is 16.2. The summed E-state index contributed by atoms with van der Waals surface area (Å²) in [6.45, 7) is 1.61. The van der Waals surface area contributed by atoms with Crippen LogP contribution >= 0.6 is 0 Å². The molecule has 0 bridgehead atoms. The Morgan fingerprint density at radius 1 is 1.13 bits per heavy atom. The van der Waals surface area contributed by atoms with Gasteiger partial charge >= 0.3 is 0 Å². The van der Waals surface area contributed by atoms with Crippen LogP contribution in [0.5, 0.6) is 0 Å². The Hall–Kier alpha value is -3.39. The highest BCUT2D eigenvalue weighted by Gasteiger charge is 2.41. The first-order chi connectivity index (χ1) is 14.4. The summed E-state index contributed by atoms with van der Waals surface area (Å²) in [6, 6.07) is 16.6. The third-order valence-corrected chi connectivity index (χ3v) is 7.07. The molecule has 7 nitrogen and oxygen atoms in total. The number of nitrogens with one attached hydrogen (secondary N) is 1. The molecule has 154 valence electrons. The maximum atomic E-state index is 13.3. The Kier molecular flexibility index (Phi) is 5.17. The third kappa shape index (κ3) is 3.73. The Morgan fingerprint density at radius 2 is 1.93 bits per heavy atom. The lowest BCUT2D eigenvalue weighted by atomic mass is 10.2. The van der Waals surface area contributed by atoms with E-state index in [9.17, 15) is 18.0 Å². The van der Waals surface area contributed by atoms with E-state index < -0.39 is 26.9 Å². The summed E-state index contributed by atoms with van der Waals surface area (Å²) in [4.78, 5) is 26.9. The van der Waals surface area contributed by atoms with Crippen LogP contribution in [0.2, 0.25) is 0 Å². The summed E-state index contributed by atoms with van der Waals surface area (Å²) in [7, 11) is -3.90. The normalized spacial score (nSPS) is 17.8. The van der Waals surface area contributed by atoms with Gasteiger partial charge in [-0.15, -0.1) is 0 Å². The summed E-state index contributed by atoms with van der Waals surface area (Å²) in [5, 5.41) is 1.61. The lowest BCUT2D eigenvalue weighted by Crippen LogP contribution is -2.38. The van der Waals surface area contributed by atoms with Crippen LogP contribution < -0.4 is 10.2 Å². The molecule has 2 aromatic carbocycles. The average molecular weight is 424 g/mol. The van der Waals surface area contributed by atoms with Crippen LogP contribution in [0.1, 0.15) is 23.0 Å². The van der Waals surface area contributed by atoms with E-state index in [1.54, 1.807) is 24.3 Å². The minimum atomic E-state index is -3.90. The lowest BCUT2D eigenvalue weighted by Gasteiger charge is -2.21. The van der Waals surface area contributed by atoms with Crippen molar-refractivity contribution in [2.75, 3.05) is 16.8 Å². The number of hydrogen-bond acceptors (Lipinski definition) is 5. The van der Waals surface area contributed by atoms with Gasteiger partial charge < -0.3 is 14.6 Å². The van der Waals surface area contributed by atoms with Gasteiger partial charge in [0.2, 0.25) is 11.8 Å². The highest BCUT2D eigenvalue weighted by atomic mass is 32.2. The van der Waals surface area contributed by atoms with Crippen LogP contribution in [0.3, 0.4) is 0 Å². The van der Waals surface area contributed by atoms with E-state index in [0.29, 0.717) is 5.69 Å². The first kappa shape index (κ1) is 19.9. The number of fused-ring (bicyclic) bond motifs is 1. The topological polar surface area (TPSA) is 96.7 Å². The summed E-state index contributed by atoms with van der Waals surface area (Å²) < 4.78 is 31.9. The quantitative estimate of drug-likeness (QED) is 0.692. The number of carbonyl (C=O) groups is 2. The van der Waals surface area contributed by atoms with E-state index in [-0.39, 0.29) is 29.3 Å². The van der Waals surface area contributed by atoms with Crippen molar-refractivity contribution in [2.45, 2.75) is 23.5 Å². The van der Waals surface area contributed by atoms with Gasteiger partial charge in [0.05, 0.1) is 23.3 Å². The third-order valence-electron chi connectivity index (χ3n) is 4.96. The van der Waals surface area contributed by atoms with Crippen molar-refractivity contribution in [1.82, 2.24) is 0 Å². The number of benzene rings is 2. The van der Waals surface area contributed by atoms with Crippen LogP contribution in [0.15, 0.2) is 76.2 Å². The van der Waals surface area contributed by atoms with Crippen molar-refractivity contribution in [3.05, 3.63) is 78.3 Å². The second kappa shape index (κ2) is 7.79. The zero-order valence-corrected chi connectivity index (χ0v) is 17.1. The number of sulfone groups is 1. The number of para-hydroxylation sites is 1. The van der Waals surface area contributed by atoms with E-state index in [1.165, 1.54) is 29.4 Å². The molecule has 1 unspecified atom stereocenters. The number of rotatable bonds is 4. The van der Waals surface area contributed by atoms with Gasteiger partial charge in [0.25, 0.3) is 0 Å². The van der Waals surface area contributed by atoms with Crippen LogP contribution in [0.4, 0.5) is 11.4 Å². The molecular weight excluding hydrogens is 404 g/mol. The van der Waals surface area contributed by atoms with Gasteiger partial charge in [-0.1, -0.05) is 24.3 Å². The molecule has 2 amide bonds. The van der Waals surface area contributed by atoms with E-state index in [4.69, 9.17) is 4.42 Å². The molecule has 2 heterocycles. The number of furan rings is 1. The molecule has 0 fully saturated rings. The Morgan fingerprint density at radius 3 is 2.67 bits per heavy atom. The molecule has 0 saturated carbocycles. The Bertz CT molecular complexity index is 1200. The van der Waals surface area contributed by atoms with Crippen molar-refractivity contribution in [1.29, 1.82) is 0 Å². The first-order valence-electron chi connectivity index (χ1n) is 9.39. The lowest BCUT2D eigenvalue weighted by molar-refractivity contribution is -0.121. The monoisotopic (exact) mass is 424 g/mol. The molecule has 1 aromatic heterocycles. The second-order valence-corrected chi connectivity index (χ2v) is 9.22. The minimum absolute atomic E-state index is 0.000561. The number of anilines is 2. The predicted molar refractivity (Wildman–Crippen MR) is 112 cm³/mol. The minimum Gasteiger partial charge on any atom is -0.468 e. The smallest absolute Gasteiger partial charge is 0.244 e. The van der Waals surface area contributed by atoms with Crippen molar-refractivity contribution in [3.8, 4) is 0 Å². The van der Waals surface area contributed by atoms with Crippen LogP contribution in [-0.4, -0.2) is 26.8 Å². The van der Waals surface area contributed by atoms with Gasteiger partial charge in [0, 0.05) is 5.69 Å². The second-order valence-electron chi connectivity index (χ2n) is 7.12. The highest BCUT2D eigenvalue weighted by molar-refractivity contribution is 7.91. The van der Waals surface area contributed by atoms with Crippen molar-refractivity contribution in [2.24, 2.45) is 0 Å². The van der Waals surface area contributed by atoms with Crippen LogP contribution in [0, 0.1) is 6.92 Å². The van der Waals surface area contributed by atoms with Crippen LogP contribution in [-0.2, 0) is 19.4 Å². The van der Waals surface area contributed by atoms with Gasteiger partial charge in [0.1, 0.15) is 17.6 Å². The molecule has 30 heavy (non-hydrogen) atoms. The summed E-state index contributed by atoms with van der Waals surface area (Å²) in [5.41, 5.74) is 1.78. The maximum Gasteiger partial charge on any atom is 0.244 e. The standard InChI is InChI=1S/C22H20N2O5S/c1-15-6-4-7-16(12-15)23-21(25)14-24-17-8-2-3-10-19(17)30(27,28)20(13-22(24)26)18-9-5-11-29-18/h2-12,20H,13-14H2,1H3,(H,23,25). The Balaban J connectivity index is 1.69. The summed E-state index contributed by atoms with van der Waals surface area (Å²) >= 11 is 0. The molecule has 0 radical (unpaired) electrons. The molecular formula is C22H20N2O5S. The van der Waals surface area contributed by atoms with Gasteiger partial charge in [0.15, 0.2) is 9.84 Å². The van der Waals surface area contributed by atoms with Gasteiger partial charge in [-0.05, 0) is 48.9 Å². The van der Waals surface area contributed by atoms with Crippen molar-refractivity contribution in [3.63, 3.8) is 0 Å². The molecule has 1 aliphatic rings. The van der Waals surface area contributed by atoms with Gasteiger partial charge in [-0.3, -0.25) is 9.59 Å². The molecule has 0 saturated heterocycles. The molecule has 8 heteroatoms. The average Bonchev–Trinajstić information content (AvgIpc) is 3.22. The molecule has 1 N–H and O–H groups in total. The summed E-state index contributed by atoms with van der Waals surface area (Å²) in [5.74, 6) is -0.689. The fraction of sp³-hybridized carbons (Fsp3) is 0.182. The fourth-order valence-electron chi connectivity index (χ4n) is 3.56. The molecule has 0 spiro atoms. The number of amides is 2. The van der Waals surface area contributed by atoms with E-state index in [0.717, 1.165) is 5.56 Å². The highest BCUT2D eigenvalue weighted by Crippen LogP contribution is 2.40. The van der Waals surface area contributed by atoms with Gasteiger partial charge in [-0.25, -0.2) is 8.42 Å². The van der Waals surface area contributed by atoms with Crippen molar-refractivity contribution >= 4 is 33.0 Å². The van der Waals surface area contributed by atoms with Gasteiger partial charge in [-0.2, -0.15) is 0 Å². The van der Waals surface area contributed by atoms with E-state index >= 15 is 0 Å². The fourth-order valence-corrected chi connectivity index (χ4v) is 5.40. The number of aryl methyl sites for hydroxylation is 1. The number of hydrogen-bond donors (Lipinski definition) is 1. The largest absolute Gasteiger partial charge is 0.468 e. The number of nitrogens with zero attached hydrogens (tertiary/aromatic N) is 1. The molecule has 1 aliphatic heterocycles. The van der Waals surface area contributed by atoms with E-state index in [1.807, 2.05) is 25.1 Å². The first-order valence-corrected chi connectivity index (χ1v) is 10.9. The molecule has 0 aliphatic carbocycles. The molecule has 3 aromatic rings. The molecule has 4 rings (SSSR count). The summed E-state index contributed by atoms with van der Waals surface area (Å²) in [6.07, 6.45) is 1.06. The predicted octanol–water partition coefficient (Wildman–Crippen LogP) is 3.48. The maximum absolute atomic E-state index is 13.3. The van der Waals surface area contributed by atoms with Crippen LogP contribution in [0.25, 0.3) is 0 Å². The van der Waals surface area contributed by atoms with Crippen molar-refractivity contribution < 1.29 is 22.4 Å². The SMILES string of the molecule is Cc1cccc(NC(=O)CN2C(=O)CC(c3ccco3)S(=O)(=O)c3ccccc32)c1. The van der Waals surface area contributed by atoms with E-state index in [2.05, 4.69) is 5.32 Å². The Labute approximate surface area is 174 Å². The zero-order chi connectivity index (χ0) is 21.3. The molecule has 1 atom stereocenters. The number of carbonyl (C=O) groups excluding carboxylic acids is 2.